The number of hydrogen-bond donors (Lipinski definition) is 2. The highest BCUT2D eigenvalue weighted by Gasteiger charge is 2.25. The molecule has 1 atom stereocenters. The predicted molar refractivity (Wildman–Crippen MR) is 105 cm³/mol. The third-order valence-corrected chi connectivity index (χ3v) is 5.43. The van der Waals surface area contributed by atoms with Crippen molar-refractivity contribution in [2.45, 2.75) is 51.1 Å². The van der Waals surface area contributed by atoms with Gasteiger partial charge >= 0.3 is 0 Å². The zero-order chi connectivity index (χ0) is 19.4. The first-order valence-corrected chi connectivity index (χ1v) is 9.76. The molecule has 2 aromatic rings. The van der Waals surface area contributed by atoms with Crippen LogP contribution in [0.15, 0.2) is 30.3 Å². The van der Waals surface area contributed by atoms with Gasteiger partial charge in [-0.05, 0) is 31.4 Å². The summed E-state index contributed by atoms with van der Waals surface area (Å²) in [5, 5.41) is 10.7. The highest BCUT2D eigenvalue weighted by Crippen LogP contribution is 2.27. The predicted octanol–water partition coefficient (Wildman–Crippen LogP) is 3.57. The van der Waals surface area contributed by atoms with Crippen LogP contribution < -0.4 is 10.6 Å². The lowest BCUT2D eigenvalue weighted by Gasteiger charge is -2.23. The third-order valence-electron chi connectivity index (χ3n) is 5.09. The lowest BCUT2D eigenvalue weighted by molar-refractivity contribution is 0.0914. The van der Waals surface area contributed by atoms with E-state index in [-0.39, 0.29) is 29.6 Å². The van der Waals surface area contributed by atoms with E-state index in [2.05, 4.69) is 15.7 Å². The van der Waals surface area contributed by atoms with Crippen LogP contribution in [-0.4, -0.2) is 34.7 Å². The minimum absolute atomic E-state index is 0.175. The Bertz CT molecular complexity index is 827. The van der Waals surface area contributed by atoms with Gasteiger partial charge in [0.15, 0.2) is 5.69 Å². The van der Waals surface area contributed by atoms with Crippen LogP contribution in [0.1, 0.15) is 71.6 Å². The van der Waals surface area contributed by atoms with Gasteiger partial charge < -0.3 is 10.6 Å². The Morgan fingerprint density at radius 3 is 2.56 bits per heavy atom. The highest BCUT2D eigenvalue weighted by molar-refractivity contribution is 6.31. The van der Waals surface area contributed by atoms with Gasteiger partial charge in [-0.3, -0.25) is 14.3 Å². The van der Waals surface area contributed by atoms with Crippen molar-refractivity contribution in [1.82, 2.24) is 20.4 Å². The van der Waals surface area contributed by atoms with Crippen LogP contribution in [0.4, 0.5) is 0 Å². The molecule has 7 heteroatoms. The van der Waals surface area contributed by atoms with Crippen LogP contribution in [-0.2, 0) is 0 Å². The first-order chi connectivity index (χ1) is 13.0. The SMILES string of the molecule is CNC(=O)c1cc(C(=O)NC2CCCCC2)n(C(C)c2ccccc2Cl)n1. The van der Waals surface area contributed by atoms with Gasteiger partial charge in [-0.15, -0.1) is 0 Å². The molecule has 1 unspecified atom stereocenters. The normalized spacial score (nSPS) is 16.0. The number of nitrogens with zero attached hydrogens (tertiary/aromatic N) is 2. The summed E-state index contributed by atoms with van der Waals surface area (Å²) in [7, 11) is 1.54. The molecule has 0 spiro atoms. The molecule has 1 fully saturated rings. The number of aromatic nitrogens is 2. The number of hydrogen-bond acceptors (Lipinski definition) is 3. The van der Waals surface area contributed by atoms with Crippen molar-refractivity contribution in [3.63, 3.8) is 0 Å². The van der Waals surface area contributed by atoms with Crippen LogP contribution in [0.5, 0.6) is 0 Å². The standard InChI is InChI=1S/C20H25ClN4O2/c1-13(15-10-6-7-11-16(15)21)25-18(12-17(24-25)19(26)22-2)20(27)23-14-8-4-3-5-9-14/h6-7,10-14H,3-5,8-9H2,1-2H3,(H,22,26)(H,23,27). The van der Waals surface area contributed by atoms with Crippen molar-refractivity contribution >= 4 is 23.4 Å². The summed E-state index contributed by atoms with van der Waals surface area (Å²) in [4.78, 5) is 25.0. The molecule has 0 saturated heterocycles. The average Bonchev–Trinajstić information content (AvgIpc) is 3.13. The van der Waals surface area contributed by atoms with E-state index in [1.807, 2.05) is 25.1 Å². The Hall–Kier alpha value is -2.34. The van der Waals surface area contributed by atoms with Crippen molar-refractivity contribution in [3.05, 3.63) is 52.3 Å². The number of amides is 2. The molecule has 0 aliphatic heterocycles. The van der Waals surface area contributed by atoms with E-state index < -0.39 is 0 Å². The summed E-state index contributed by atoms with van der Waals surface area (Å²) in [6.07, 6.45) is 5.45. The van der Waals surface area contributed by atoms with Crippen LogP contribution in [0.25, 0.3) is 0 Å². The zero-order valence-corrected chi connectivity index (χ0v) is 16.4. The van der Waals surface area contributed by atoms with E-state index in [0.717, 1.165) is 31.2 Å². The molecule has 6 nitrogen and oxygen atoms in total. The molecule has 0 radical (unpaired) electrons. The molecular weight excluding hydrogens is 364 g/mol. The largest absolute Gasteiger partial charge is 0.354 e. The quantitative estimate of drug-likeness (QED) is 0.822. The van der Waals surface area contributed by atoms with Gasteiger partial charge in [0.2, 0.25) is 0 Å². The molecule has 1 aromatic heterocycles. The van der Waals surface area contributed by atoms with Crippen molar-refractivity contribution in [2.24, 2.45) is 0 Å². The summed E-state index contributed by atoms with van der Waals surface area (Å²) >= 11 is 6.33. The molecule has 1 heterocycles. The van der Waals surface area contributed by atoms with Gasteiger partial charge in [-0.1, -0.05) is 49.1 Å². The van der Waals surface area contributed by atoms with Crippen molar-refractivity contribution in [3.8, 4) is 0 Å². The monoisotopic (exact) mass is 388 g/mol. The maximum Gasteiger partial charge on any atom is 0.271 e. The second-order valence-corrected chi connectivity index (χ2v) is 7.35. The Morgan fingerprint density at radius 1 is 1.19 bits per heavy atom. The van der Waals surface area contributed by atoms with Crippen molar-refractivity contribution in [2.75, 3.05) is 7.05 Å². The molecule has 1 aromatic carbocycles. The van der Waals surface area contributed by atoms with Crippen LogP contribution in [0.2, 0.25) is 5.02 Å². The summed E-state index contributed by atoms with van der Waals surface area (Å²) in [5.74, 6) is -0.532. The summed E-state index contributed by atoms with van der Waals surface area (Å²) in [6.45, 7) is 1.92. The molecule has 3 rings (SSSR count). The molecule has 27 heavy (non-hydrogen) atoms. The molecule has 2 amide bonds. The Balaban J connectivity index is 1.93. The van der Waals surface area contributed by atoms with Crippen LogP contribution >= 0.6 is 11.6 Å². The highest BCUT2D eigenvalue weighted by atomic mass is 35.5. The molecule has 1 aliphatic rings. The fraction of sp³-hybridized carbons (Fsp3) is 0.450. The first-order valence-electron chi connectivity index (χ1n) is 9.38. The van der Waals surface area contributed by atoms with E-state index in [1.54, 1.807) is 23.9 Å². The Labute approximate surface area is 164 Å². The third kappa shape index (κ3) is 4.33. The topological polar surface area (TPSA) is 76.0 Å². The maximum atomic E-state index is 12.9. The lowest BCUT2D eigenvalue weighted by Crippen LogP contribution is -2.37. The zero-order valence-electron chi connectivity index (χ0n) is 15.7. The molecule has 1 saturated carbocycles. The van der Waals surface area contributed by atoms with E-state index in [4.69, 9.17) is 11.6 Å². The molecule has 144 valence electrons. The number of benzene rings is 1. The van der Waals surface area contributed by atoms with Gasteiger partial charge in [-0.2, -0.15) is 5.10 Å². The Kier molecular flexibility index (Phi) is 6.16. The molecule has 2 N–H and O–H groups in total. The number of carbonyl (C=O) groups excluding carboxylic acids is 2. The number of rotatable bonds is 5. The van der Waals surface area contributed by atoms with Gasteiger partial charge in [0, 0.05) is 24.2 Å². The fourth-order valence-corrected chi connectivity index (χ4v) is 3.84. The van der Waals surface area contributed by atoms with Crippen molar-refractivity contribution in [1.29, 1.82) is 0 Å². The van der Waals surface area contributed by atoms with E-state index >= 15 is 0 Å². The second-order valence-electron chi connectivity index (χ2n) is 6.94. The lowest BCUT2D eigenvalue weighted by atomic mass is 9.95. The summed E-state index contributed by atoms with van der Waals surface area (Å²) in [5.41, 5.74) is 1.43. The van der Waals surface area contributed by atoms with Gasteiger partial charge in [0.25, 0.3) is 11.8 Å². The Morgan fingerprint density at radius 2 is 1.89 bits per heavy atom. The van der Waals surface area contributed by atoms with Gasteiger partial charge in [0.1, 0.15) is 5.69 Å². The summed E-state index contributed by atoms with van der Waals surface area (Å²) < 4.78 is 1.59. The molecule has 0 bridgehead atoms. The van der Waals surface area contributed by atoms with Crippen molar-refractivity contribution < 1.29 is 9.59 Å². The van der Waals surface area contributed by atoms with E-state index in [0.29, 0.717) is 10.7 Å². The van der Waals surface area contributed by atoms with Gasteiger partial charge in [-0.25, -0.2) is 0 Å². The molecule has 1 aliphatic carbocycles. The van der Waals surface area contributed by atoms with Crippen LogP contribution in [0, 0.1) is 0 Å². The van der Waals surface area contributed by atoms with E-state index in [9.17, 15) is 9.59 Å². The smallest absolute Gasteiger partial charge is 0.271 e. The fourth-order valence-electron chi connectivity index (χ4n) is 3.55. The molecular formula is C20H25ClN4O2. The number of nitrogens with one attached hydrogen (secondary N) is 2. The maximum absolute atomic E-state index is 12.9. The number of carbonyl (C=O) groups is 2. The van der Waals surface area contributed by atoms with Gasteiger partial charge in [0.05, 0.1) is 6.04 Å². The minimum Gasteiger partial charge on any atom is -0.354 e. The second kappa shape index (κ2) is 8.57. The van der Waals surface area contributed by atoms with E-state index in [1.165, 1.54) is 6.42 Å². The van der Waals surface area contributed by atoms with Crippen LogP contribution in [0.3, 0.4) is 0 Å². The first kappa shape index (κ1) is 19.4. The number of halogens is 1. The minimum atomic E-state index is -0.327. The average molecular weight is 389 g/mol. The summed E-state index contributed by atoms with van der Waals surface area (Å²) in [6, 6.07) is 8.88.